The molecule has 5 nitrogen and oxygen atoms in total. The maximum absolute atomic E-state index is 12.6. The minimum atomic E-state index is 0.108. The van der Waals surface area contributed by atoms with Crippen LogP contribution >= 0.6 is 11.8 Å². The van der Waals surface area contributed by atoms with Gasteiger partial charge in [0.15, 0.2) is 5.58 Å². The highest BCUT2D eigenvalue weighted by atomic mass is 32.2. The Morgan fingerprint density at radius 2 is 1.65 bits per heavy atom. The van der Waals surface area contributed by atoms with Gasteiger partial charge < -0.3 is 15.1 Å². The fraction of sp³-hybridized carbons (Fsp3) is 0.500. The number of unbranched alkanes of at least 4 members (excludes halogenated alkanes) is 2. The lowest BCUT2D eigenvalue weighted by Gasteiger charge is -2.20. The molecule has 2 aromatic carbocycles. The maximum atomic E-state index is 12.6. The summed E-state index contributed by atoms with van der Waals surface area (Å²) in [4.78, 5) is 17.1. The first-order valence-electron chi connectivity index (χ1n) is 12.3. The van der Waals surface area contributed by atoms with Crippen molar-refractivity contribution in [1.29, 1.82) is 0 Å². The Labute approximate surface area is 209 Å². The Morgan fingerprint density at radius 3 is 2.26 bits per heavy atom. The molecule has 0 aliphatic heterocycles. The molecule has 186 valence electrons. The van der Waals surface area contributed by atoms with E-state index in [1.165, 1.54) is 16.7 Å². The van der Waals surface area contributed by atoms with E-state index in [-0.39, 0.29) is 5.91 Å². The third kappa shape index (κ3) is 8.48. The number of nitrogens with one attached hydrogen (secondary N) is 2. The van der Waals surface area contributed by atoms with E-state index in [4.69, 9.17) is 4.42 Å². The van der Waals surface area contributed by atoms with Crippen molar-refractivity contribution in [2.75, 3.05) is 25.2 Å². The van der Waals surface area contributed by atoms with Crippen LogP contribution in [0.5, 0.6) is 0 Å². The van der Waals surface area contributed by atoms with Crippen LogP contribution in [0.15, 0.2) is 46.0 Å². The Bertz CT molecular complexity index is 1020. The summed E-state index contributed by atoms with van der Waals surface area (Å²) in [6, 6.07) is 12.4. The van der Waals surface area contributed by atoms with Crippen molar-refractivity contribution < 1.29 is 9.21 Å². The van der Waals surface area contributed by atoms with Crippen LogP contribution in [0.2, 0.25) is 0 Å². The molecule has 0 unspecified atom stereocenters. The number of amides is 1. The lowest BCUT2D eigenvalue weighted by Crippen LogP contribution is -2.15. The molecule has 0 bridgehead atoms. The molecule has 1 aromatic heterocycles. The summed E-state index contributed by atoms with van der Waals surface area (Å²) < 4.78 is 5.81. The van der Waals surface area contributed by atoms with E-state index < -0.39 is 0 Å². The van der Waals surface area contributed by atoms with Gasteiger partial charge in [0.25, 0.3) is 5.22 Å². The number of nitrogens with zero attached hydrogens (tertiary/aromatic N) is 1. The molecule has 34 heavy (non-hydrogen) atoms. The molecule has 3 aromatic rings. The molecule has 0 aliphatic carbocycles. The first kappa shape index (κ1) is 27.9. The second-order valence-corrected chi connectivity index (χ2v) is 10.3. The molecule has 0 radical (unpaired) electrons. The third-order valence-corrected chi connectivity index (χ3v) is 6.35. The van der Waals surface area contributed by atoms with Crippen LogP contribution in [0, 0.1) is 6.92 Å². The minimum Gasteiger partial charge on any atom is -0.431 e. The number of hydrogen-bond donors (Lipinski definition) is 2. The van der Waals surface area contributed by atoms with Gasteiger partial charge in [-0.3, -0.25) is 4.79 Å². The summed E-state index contributed by atoms with van der Waals surface area (Å²) in [5.41, 5.74) is 6.37. The molecular weight excluding hydrogens is 442 g/mol. The van der Waals surface area contributed by atoms with Crippen LogP contribution in [-0.2, 0) is 4.79 Å². The van der Waals surface area contributed by atoms with Crippen LogP contribution in [-0.4, -0.2) is 30.7 Å². The quantitative estimate of drug-likeness (QED) is 0.231. The van der Waals surface area contributed by atoms with Gasteiger partial charge in [0.1, 0.15) is 5.52 Å². The topological polar surface area (TPSA) is 67.2 Å². The first-order valence-corrected chi connectivity index (χ1v) is 13.3. The van der Waals surface area contributed by atoms with Crippen molar-refractivity contribution in [3.05, 3.63) is 53.1 Å². The summed E-state index contributed by atoms with van der Waals surface area (Å²) in [7, 11) is 3.75. The van der Waals surface area contributed by atoms with Gasteiger partial charge >= 0.3 is 0 Å². The standard InChI is InChI=1S/C26H34N2O2S.C2H7N/c1-17(2)20-10-9-11-21(18(3)4)25(20)28-24(29)12-7-6-8-15-31-26-27-22-14-13-19(5)16-23(22)30-26;1-3-2/h9-11,13-14,16-18H,6-8,12,15H2,1-5H3,(H,28,29);3H,1-2H3. The van der Waals surface area contributed by atoms with Crippen molar-refractivity contribution in [2.24, 2.45) is 0 Å². The predicted octanol–water partition coefficient (Wildman–Crippen LogP) is 7.51. The largest absolute Gasteiger partial charge is 0.431 e. The number of anilines is 1. The smallest absolute Gasteiger partial charge is 0.256 e. The number of aryl methyl sites for hydroxylation is 1. The fourth-order valence-electron chi connectivity index (χ4n) is 3.69. The summed E-state index contributed by atoms with van der Waals surface area (Å²) in [6.45, 7) is 10.7. The molecule has 2 N–H and O–H groups in total. The van der Waals surface area contributed by atoms with E-state index in [1.54, 1.807) is 11.8 Å². The van der Waals surface area contributed by atoms with Gasteiger partial charge in [0, 0.05) is 17.9 Å². The number of para-hydroxylation sites is 1. The summed E-state index contributed by atoms with van der Waals surface area (Å²) in [5.74, 6) is 1.81. The van der Waals surface area contributed by atoms with Crippen LogP contribution in [0.25, 0.3) is 11.1 Å². The van der Waals surface area contributed by atoms with Crippen molar-refractivity contribution in [1.82, 2.24) is 10.3 Å². The Hall–Kier alpha value is -2.31. The average Bonchev–Trinajstić information content (AvgIpc) is 3.18. The second-order valence-electron chi connectivity index (χ2n) is 9.28. The highest BCUT2D eigenvalue weighted by Crippen LogP contribution is 2.32. The van der Waals surface area contributed by atoms with E-state index in [1.807, 2.05) is 32.3 Å². The van der Waals surface area contributed by atoms with Crippen molar-refractivity contribution in [2.45, 2.75) is 77.4 Å². The van der Waals surface area contributed by atoms with E-state index in [9.17, 15) is 4.79 Å². The summed E-state index contributed by atoms with van der Waals surface area (Å²) >= 11 is 1.65. The SMILES string of the molecule is CNC.Cc1ccc2nc(SCCCCCC(=O)Nc3c(C(C)C)cccc3C(C)C)oc2c1. The minimum absolute atomic E-state index is 0.108. The Kier molecular flexibility index (Phi) is 11.6. The Morgan fingerprint density at radius 1 is 1.00 bits per heavy atom. The van der Waals surface area contributed by atoms with Gasteiger partial charge in [0.2, 0.25) is 5.91 Å². The van der Waals surface area contributed by atoms with Gasteiger partial charge in [-0.1, -0.05) is 70.1 Å². The number of fused-ring (bicyclic) bond motifs is 1. The van der Waals surface area contributed by atoms with Gasteiger partial charge in [-0.15, -0.1) is 0 Å². The molecule has 1 amide bonds. The van der Waals surface area contributed by atoms with Crippen LogP contribution < -0.4 is 10.6 Å². The first-order chi connectivity index (χ1) is 16.3. The lowest BCUT2D eigenvalue weighted by atomic mass is 9.92. The number of rotatable bonds is 10. The molecule has 0 spiro atoms. The van der Waals surface area contributed by atoms with Crippen LogP contribution in [0.1, 0.15) is 81.9 Å². The van der Waals surface area contributed by atoms with E-state index in [0.717, 1.165) is 47.0 Å². The number of thioether (sulfide) groups is 1. The predicted molar refractivity (Wildman–Crippen MR) is 146 cm³/mol. The number of hydrogen-bond acceptors (Lipinski definition) is 5. The van der Waals surface area contributed by atoms with Crippen LogP contribution in [0.4, 0.5) is 5.69 Å². The summed E-state index contributed by atoms with van der Waals surface area (Å²) in [6.07, 6.45) is 3.49. The number of carbonyl (C=O) groups excluding carboxylic acids is 1. The van der Waals surface area contributed by atoms with E-state index in [2.05, 4.69) is 68.4 Å². The lowest BCUT2D eigenvalue weighted by molar-refractivity contribution is -0.116. The van der Waals surface area contributed by atoms with Crippen molar-refractivity contribution >= 4 is 34.5 Å². The number of oxazole rings is 1. The summed E-state index contributed by atoms with van der Waals surface area (Å²) in [5, 5.41) is 6.69. The van der Waals surface area contributed by atoms with Gasteiger partial charge in [-0.05, 0) is 74.5 Å². The molecule has 6 heteroatoms. The third-order valence-electron chi connectivity index (χ3n) is 5.44. The second kappa shape index (κ2) is 14.2. The molecule has 0 saturated carbocycles. The molecule has 0 atom stereocenters. The van der Waals surface area contributed by atoms with Gasteiger partial charge in [-0.2, -0.15) is 0 Å². The molecule has 3 rings (SSSR count). The van der Waals surface area contributed by atoms with Gasteiger partial charge in [0.05, 0.1) is 0 Å². The highest BCUT2D eigenvalue weighted by Gasteiger charge is 2.15. The van der Waals surface area contributed by atoms with E-state index in [0.29, 0.717) is 18.3 Å². The monoisotopic (exact) mass is 483 g/mol. The number of carbonyl (C=O) groups is 1. The number of benzene rings is 2. The molecule has 1 heterocycles. The van der Waals surface area contributed by atoms with Gasteiger partial charge in [-0.25, -0.2) is 4.98 Å². The van der Waals surface area contributed by atoms with Crippen LogP contribution in [0.3, 0.4) is 0 Å². The number of aromatic nitrogens is 1. The molecular formula is C28H41N3O2S. The molecule has 0 saturated heterocycles. The maximum Gasteiger partial charge on any atom is 0.256 e. The zero-order valence-electron chi connectivity index (χ0n) is 21.8. The van der Waals surface area contributed by atoms with Crippen molar-refractivity contribution in [3.63, 3.8) is 0 Å². The molecule has 0 aliphatic rings. The van der Waals surface area contributed by atoms with E-state index >= 15 is 0 Å². The average molecular weight is 484 g/mol. The molecule has 0 fully saturated rings. The highest BCUT2D eigenvalue weighted by molar-refractivity contribution is 7.99. The fourth-order valence-corrected chi connectivity index (χ4v) is 4.53. The zero-order valence-corrected chi connectivity index (χ0v) is 22.6. The van der Waals surface area contributed by atoms with Crippen molar-refractivity contribution in [3.8, 4) is 0 Å². The zero-order chi connectivity index (χ0) is 25.1. The Balaban J connectivity index is 0.00000129. The normalized spacial score (nSPS) is 11.1.